The lowest BCUT2D eigenvalue weighted by Crippen LogP contribution is -2.61. The number of rotatable bonds is 5. The molecule has 0 aromatic heterocycles. The third-order valence-corrected chi connectivity index (χ3v) is 4.05. The van der Waals surface area contributed by atoms with E-state index in [4.69, 9.17) is 0 Å². The van der Waals surface area contributed by atoms with Crippen molar-refractivity contribution in [2.75, 3.05) is 13.1 Å². The summed E-state index contributed by atoms with van der Waals surface area (Å²) in [6.07, 6.45) is 3.87. The molecule has 1 aliphatic rings. The minimum absolute atomic E-state index is 0.353. The normalized spacial score (nSPS) is 27.7. The van der Waals surface area contributed by atoms with Crippen molar-refractivity contribution in [3.8, 4) is 0 Å². The van der Waals surface area contributed by atoms with E-state index < -0.39 is 0 Å². The summed E-state index contributed by atoms with van der Waals surface area (Å²) in [5.41, 5.74) is 0.353. The van der Waals surface area contributed by atoms with Crippen LogP contribution in [0, 0.1) is 5.92 Å². The highest BCUT2D eigenvalue weighted by molar-refractivity contribution is 4.92. The van der Waals surface area contributed by atoms with E-state index in [0.717, 1.165) is 12.5 Å². The minimum atomic E-state index is 0.353. The van der Waals surface area contributed by atoms with Gasteiger partial charge in [-0.3, -0.25) is 4.90 Å². The molecule has 1 heterocycles. The molecule has 102 valence electrons. The molecule has 0 amide bonds. The van der Waals surface area contributed by atoms with E-state index in [2.05, 4.69) is 51.8 Å². The lowest BCUT2D eigenvalue weighted by molar-refractivity contribution is 0.0289. The van der Waals surface area contributed by atoms with Crippen molar-refractivity contribution in [3.05, 3.63) is 0 Å². The third-order valence-electron chi connectivity index (χ3n) is 4.05. The molecule has 0 aliphatic carbocycles. The summed E-state index contributed by atoms with van der Waals surface area (Å²) in [6, 6.07) is 1.35. The van der Waals surface area contributed by atoms with Crippen LogP contribution in [0.3, 0.4) is 0 Å². The van der Waals surface area contributed by atoms with Crippen LogP contribution in [0.2, 0.25) is 0 Å². The van der Waals surface area contributed by atoms with Gasteiger partial charge >= 0.3 is 0 Å². The van der Waals surface area contributed by atoms with E-state index >= 15 is 0 Å². The van der Waals surface area contributed by atoms with E-state index in [1.807, 2.05) is 0 Å². The van der Waals surface area contributed by atoms with Crippen LogP contribution in [-0.2, 0) is 0 Å². The summed E-state index contributed by atoms with van der Waals surface area (Å²) >= 11 is 0. The molecule has 1 rings (SSSR count). The molecule has 2 heteroatoms. The maximum absolute atomic E-state index is 3.70. The lowest BCUT2D eigenvalue weighted by Gasteiger charge is -2.48. The summed E-state index contributed by atoms with van der Waals surface area (Å²) in [7, 11) is 0. The van der Waals surface area contributed by atoms with Gasteiger partial charge in [-0.25, -0.2) is 0 Å². The molecule has 2 nitrogen and oxygen atoms in total. The SMILES string of the molecule is CCCC(C)(C)N1CC(CC(C)C)NCC1C. The van der Waals surface area contributed by atoms with Crippen LogP contribution in [0.1, 0.15) is 60.8 Å². The van der Waals surface area contributed by atoms with Crippen molar-refractivity contribution in [1.82, 2.24) is 10.2 Å². The molecular formula is C15H32N2. The highest BCUT2D eigenvalue weighted by Gasteiger charge is 2.34. The van der Waals surface area contributed by atoms with Gasteiger partial charge in [0.1, 0.15) is 0 Å². The Morgan fingerprint density at radius 3 is 2.53 bits per heavy atom. The number of piperazine rings is 1. The van der Waals surface area contributed by atoms with Gasteiger partial charge in [0.25, 0.3) is 0 Å². The van der Waals surface area contributed by atoms with Crippen molar-refractivity contribution in [1.29, 1.82) is 0 Å². The topological polar surface area (TPSA) is 15.3 Å². The number of nitrogens with zero attached hydrogens (tertiary/aromatic N) is 1. The lowest BCUT2D eigenvalue weighted by atomic mass is 9.91. The predicted octanol–water partition coefficient (Wildman–Crippen LogP) is 3.27. The zero-order chi connectivity index (χ0) is 13.1. The van der Waals surface area contributed by atoms with Crippen LogP contribution >= 0.6 is 0 Å². The molecule has 2 atom stereocenters. The molecule has 1 saturated heterocycles. The summed E-state index contributed by atoms with van der Waals surface area (Å²) in [5, 5.41) is 3.70. The fraction of sp³-hybridized carbons (Fsp3) is 1.00. The van der Waals surface area contributed by atoms with E-state index in [0.29, 0.717) is 17.6 Å². The largest absolute Gasteiger partial charge is 0.311 e. The highest BCUT2D eigenvalue weighted by Crippen LogP contribution is 2.26. The Bertz CT molecular complexity index is 223. The molecule has 17 heavy (non-hydrogen) atoms. The van der Waals surface area contributed by atoms with Crippen LogP contribution in [0.5, 0.6) is 0 Å². The standard InChI is InChI=1S/C15H32N2/c1-7-8-15(5,6)17-11-14(9-12(2)3)16-10-13(17)4/h12-14,16H,7-11H2,1-6H3. The first-order valence-electron chi connectivity index (χ1n) is 7.37. The van der Waals surface area contributed by atoms with Gasteiger partial charge < -0.3 is 5.32 Å². The van der Waals surface area contributed by atoms with Gasteiger partial charge in [-0.1, -0.05) is 27.2 Å². The van der Waals surface area contributed by atoms with Gasteiger partial charge in [0.2, 0.25) is 0 Å². The van der Waals surface area contributed by atoms with Gasteiger partial charge in [0, 0.05) is 30.7 Å². The average Bonchev–Trinajstić information content (AvgIpc) is 2.20. The Labute approximate surface area is 108 Å². The number of hydrogen-bond donors (Lipinski definition) is 1. The quantitative estimate of drug-likeness (QED) is 0.793. The monoisotopic (exact) mass is 240 g/mol. The summed E-state index contributed by atoms with van der Waals surface area (Å²) in [4.78, 5) is 2.72. The molecule has 0 saturated carbocycles. The zero-order valence-corrected chi connectivity index (χ0v) is 12.7. The summed E-state index contributed by atoms with van der Waals surface area (Å²) in [6.45, 7) is 16.5. The molecule has 0 aromatic carbocycles. The van der Waals surface area contributed by atoms with Crippen LogP contribution in [-0.4, -0.2) is 35.6 Å². The Morgan fingerprint density at radius 1 is 1.35 bits per heavy atom. The van der Waals surface area contributed by atoms with E-state index in [1.165, 1.54) is 25.8 Å². The minimum Gasteiger partial charge on any atom is -0.311 e. The Kier molecular flexibility index (Phi) is 5.46. The van der Waals surface area contributed by atoms with Crippen molar-refractivity contribution in [3.63, 3.8) is 0 Å². The maximum Gasteiger partial charge on any atom is 0.0198 e. The molecule has 0 aromatic rings. The number of hydrogen-bond acceptors (Lipinski definition) is 2. The second-order valence-corrected chi connectivity index (χ2v) is 6.80. The van der Waals surface area contributed by atoms with E-state index in [9.17, 15) is 0 Å². The van der Waals surface area contributed by atoms with Crippen molar-refractivity contribution in [2.24, 2.45) is 5.92 Å². The second kappa shape index (κ2) is 6.19. The Morgan fingerprint density at radius 2 is 2.00 bits per heavy atom. The van der Waals surface area contributed by atoms with Gasteiger partial charge in [0.05, 0.1) is 0 Å². The number of nitrogens with one attached hydrogen (secondary N) is 1. The van der Waals surface area contributed by atoms with Gasteiger partial charge in [0.15, 0.2) is 0 Å². The Hall–Kier alpha value is -0.0800. The van der Waals surface area contributed by atoms with Crippen LogP contribution in [0.25, 0.3) is 0 Å². The van der Waals surface area contributed by atoms with Crippen molar-refractivity contribution < 1.29 is 0 Å². The van der Waals surface area contributed by atoms with E-state index in [1.54, 1.807) is 0 Å². The smallest absolute Gasteiger partial charge is 0.0198 e. The molecule has 0 spiro atoms. The summed E-state index contributed by atoms with van der Waals surface area (Å²) < 4.78 is 0. The molecule has 0 radical (unpaired) electrons. The fourth-order valence-electron chi connectivity index (χ4n) is 3.26. The maximum atomic E-state index is 3.70. The van der Waals surface area contributed by atoms with Gasteiger partial charge in [-0.05, 0) is 39.5 Å². The zero-order valence-electron chi connectivity index (χ0n) is 12.7. The first-order valence-corrected chi connectivity index (χ1v) is 7.37. The fourth-order valence-corrected chi connectivity index (χ4v) is 3.26. The molecule has 0 bridgehead atoms. The first-order chi connectivity index (χ1) is 7.86. The van der Waals surface area contributed by atoms with Crippen LogP contribution in [0.4, 0.5) is 0 Å². The predicted molar refractivity (Wildman–Crippen MR) is 76.4 cm³/mol. The second-order valence-electron chi connectivity index (χ2n) is 6.80. The van der Waals surface area contributed by atoms with Crippen LogP contribution in [0.15, 0.2) is 0 Å². The third kappa shape index (κ3) is 4.26. The molecule has 1 N–H and O–H groups in total. The molecule has 1 fully saturated rings. The van der Waals surface area contributed by atoms with Crippen LogP contribution < -0.4 is 5.32 Å². The van der Waals surface area contributed by atoms with Gasteiger partial charge in [-0.2, -0.15) is 0 Å². The average molecular weight is 240 g/mol. The molecule has 1 aliphatic heterocycles. The Balaban J connectivity index is 2.62. The highest BCUT2D eigenvalue weighted by atomic mass is 15.3. The molecular weight excluding hydrogens is 208 g/mol. The summed E-state index contributed by atoms with van der Waals surface area (Å²) in [5.74, 6) is 0.789. The van der Waals surface area contributed by atoms with Crippen molar-refractivity contribution >= 4 is 0 Å². The van der Waals surface area contributed by atoms with Gasteiger partial charge in [-0.15, -0.1) is 0 Å². The van der Waals surface area contributed by atoms with E-state index in [-0.39, 0.29) is 0 Å². The molecule has 2 unspecified atom stereocenters. The van der Waals surface area contributed by atoms with Crippen molar-refractivity contribution in [2.45, 2.75) is 78.4 Å². The first kappa shape index (κ1) is 15.0.